The number of fused-ring (bicyclic) bond motifs is 2. The molecule has 1 aliphatic heterocycles. The number of benzene rings is 1. The van der Waals surface area contributed by atoms with E-state index in [4.69, 9.17) is 5.73 Å². The fourth-order valence-electron chi connectivity index (χ4n) is 3.14. The Morgan fingerprint density at radius 3 is 3.04 bits per heavy atom. The Balaban J connectivity index is 1.81. The van der Waals surface area contributed by atoms with E-state index in [1.165, 1.54) is 0 Å². The summed E-state index contributed by atoms with van der Waals surface area (Å²) in [6, 6.07) is 5.38. The standard InChI is InChI=1S/C17H17N5O/c1-21-5-4-13-11(9-21)7-19-8-14(13)17(23)22-10-20-15-6-12(18)2-3-16(15)22/h2-3,6-8,10H,4-5,9,18H2,1H3. The van der Waals surface area contributed by atoms with E-state index in [0.29, 0.717) is 11.3 Å². The summed E-state index contributed by atoms with van der Waals surface area (Å²) in [6.07, 6.45) is 5.93. The molecule has 116 valence electrons. The maximum absolute atomic E-state index is 13.0. The third-order valence-corrected chi connectivity index (χ3v) is 4.35. The van der Waals surface area contributed by atoms with Gasteiger partial charge >= 0.3 is 0 Å². The molecule has 0 radical (unpaired) electrons. The van der Waals surface area contributed by atoms with Crippen molar-refractivity contribution >= 4 is 22.6 Å². The number of hydrogen-bond donors (Lipinski definition) is 1. The third-order valence-electron chi connectivity index (χ3n) is 4.35. The van der Waals surface area contributed by atoms with Crippen LogP contribution in [0.25, 0.3) is 11.0 Å². The minimum absolute atomic E-state index is 0.0915. The van der Waals surface area contributed by atoms with Crippen LogP contribution in [0.4, 0.5) is 5.69 Å². The molecule has 0 saturated heterocycles. The lowest BCUT2D eigenvalue weighted by Gasteiger charge is -2.25. The summed E-state index contributed by atoms with van der Waals surface area (Å²) in [5.74, 6) is -0.0915. The van der Waals surface area contributed by atoms with Gasteiger partial charge in [-0.15, -0.1) is 0 Å². The number of likely N-dealkylation sites (N-methyl/N-ethyl adjacent to an activating group) is 1. The van der Waals surface area contributed by atoms with Crippen molar-refractivity contribution in [3.63, 3.8) is 0 Å². The maximum Gasteiger partial charge on any atom is 0.265 e. The first-order valence-electron chi connectivity index (χ1n) is 7.55. The summed E-state index contributed by atoms with van der Waals surface area (Å²) in [5, 5.41) is 0. The number of nitrogens with zero attached hydrogens (tertiary/aromatic N) is 4. The van der Waals surface area contributed by atoms with Gasteiger partial charge in [-0.1, -0.05) is 0 Å². The van der Waals surface area contributed by atoms with Gasteiger partial charge in [-0.25, -0.2) is 4.98 Å². The second-order valence-corrected chi connectivity index (χ2v) is 5.98. The van der Waals surface area contributed by atoms with Gasteiger partial charge in [-0.3, -0.25) is 14.3 Å². The van der Waals surface area contributed by atoms with Crippen LogP contribution in [0.5, 0.6) is 0 Å². The van der Waals surface area contributed by atoms with Gasteiger partial charge in [0.25, 0.3) is 5.91 Å². The summed E-state index contributed by atoms with van der Waals surface area (Å²) in [6.45, 7) is 1.77. The van der Waals surface area contributed by atoms with E-state index in [1.807, 2.05) is 12.3 Å². The molecular weight excluding hydrogens is 290 g/mol. The predicted molar refractivity (Wildman–Crippen MR) is 88.1 cm³/mol. The van der Waals surface area contributed by atoms with Gasteiger partial charge < -0.3 is 10.6 Å². The summed E-state index contributed by atoms with van der Waals surface area (Å²) < 4.78 is 1.57. The fraction of sp³-hybridized carbons (Fsp3) is 0.235. The van der Waals surface area contributed by atoms with Crippen molar-refractivity contribution in [2.24, 2.45) is 0 Å². The van der Waals surface area contributed by atoms with Crippen LogP contribution in [0, 0.1) is 0 Å². The van der Waals surface area contributed by atoms with Crippen LogP contribution in [-0.4, -0.2) is 38.9 Å². The van der Waals surface area contributed by atoms with Gasteiger partial charge in [-0.05, 0) is 42.8 Å². The van der Waals surface area contributed by atoms with Crippen LogP contribution in [0.3, 0.4) is 0 Å². The predicted octanol–water partition coefficient (Wildman–Crippen LogP) is 1.69. The normalized spacial score (nSPS) is 14.8. The van der Waals surface area contributed by atoms with Crippen LogP contribution in [0.15, 0.2) is 36.9 Å². The van der Waals surface area contributed by atoms with Crippen molar-refractivity contribution in [3.05, 3.63) is 53.6 Å². The van der Waals surface area contributed by atoms with Crippen molar-refractivity contribution in [2.75, 3.05) is 19.3 Å². The average molecular weight is 307 g/mol. The molecule has 0 amide bonds. The fourth-order valence-corrected chi connectivity index (χ4v) is 3.14. The van der Waals surface area contributed by atoms with Crippen LogP contribution >= 0.6 is 0 Å². The Morgan fingerprint density at radius 2 is 2.17 bits per heavy atom. The number of carbonyl (C=O) groups excluding carboxylic acids is 1. The molecule has 1 aliphatic rings. The zero-order valence-electron chi connectivity index (χ0n) is 12.9. The van der Waals surface area contributed by atoms with Crippen LogP contribution < -0.4 is 5.73 Å². The molecule has 1 aromatic carbocycles. The highest BCUT2D eigenvalue weighted by Gasteiger charge is 2.22. The lowest BCUT2D eigenvalue weighted by Crippen LogP contribution is -2.29. The highest BCUT2D eigenvalue weighted by Crippen LogP contribution is 2.23. The molecule has 0 fully saturated rings. The topological polar surface area (TPSA) is 77.0 Å². The molecule has 0 bridgehead atoms. The summed E-state index contributed by atoms with van der Waals surface area (Å²) in [7, 11) is 2.07. The summed E-state index contributed by atoms with van der Waals surface area (Å²) >= 11 is 0. The maximum atomic E-state index is 13.0. The van der Waals surface area contributed by atoms with E-state index in [9.17, 15) is 4.79 Å². The number of hydrogen-bond acceptors (Lipinski definition) is 5. The Kier molecular flexibility index (Phi) is 3.12. The smallest absolute Gasteiger partial charge is 0.265 e. The number of anilines is 1. The van der Waals surface area contributed by atoms with Gasteiger partial charge in [-0.2, -0.15) is 0 Å². The summed E-state index contributed by atoms with van der Waals surface area (Å²) in [4.78, 5) is 23.8. The van der Waals surface area contributed by atoms with E-state index >= 15 is 0 Å². The highest BCUT2D eigenvalue weighted by molar-refractivity contribution is 6.02. The Labute approximate surface area is 133 Å². The molecule has 2 N–H and O–H groups in total. The van der Waals surface area contributed by atoms with Crippen molar-refractivity contribution < 1.29 is 4.79 Å². The first-order valence-corrected chi connectivity index (χ1v) is 7.55. The number of carbonyl (C=O) groups is 1. The minimum Gasteiger partial charge on any atom is -0.399 e. The van der Waals surface area contributed by atoms with E-state index in [-0.39, 0.29) is 5.91 Å². The number of pyridine rings is 1. The third kappa shape index (κ3) is 2.27. The Hall–Kier alpha value is -2.73. The van der Waals surface area contributed by atoms with E-state index in [1.54, 1.807) is 29.2 Å². The largest absolute Gasteiger partial charge is 0.399 e. The number of imidazole rings is 1. The van der Waals surface area contributed by atoms with Crippen molar-refractivity contribution in [3.8, 4) is 0 Å². The first kappa shape index (κ1) is 13.9. The molecule has 0 saturated carbocycles. The second-order valence-electron chi connectivity index (χ2n) is 5.98. The van der Waals surface area contributed by atoms with Crippen LogP contribution in [0.1, 0.15) is 21.5 Å². The quantitative estimate of drug-likeness (QED) is 0.692. The monoisotopic (exact) mass is 307 g/mol. The van der Waals surface area contributed by atoms with Crippen molar-refractivity contribution in [1.82, 2.24) is 19.4 Å². The molecule has 0 spiro atoms. The second kappa shape index (κ2) is 5.17. The molecule has 23 heavy (non-hydrogen) atoms. The van der Waals surface area contributed by atoms with Gasteiger partial charge in [0.15, 0.2) is 0 Å². The van der Waals surface area contributed by atoms with Crippen molar-refractivity contribution in [2.45, 2.75) is 13.0 Å². The lowest BCUT2D eigenvalue weighted by atomic mass is 9.97. The highest BCUT2D eigenvalue weighted by atomic mass is 16.2. The van der Waals surface area contributed by atoms with Gasteiger partial charge in [0, 0.05) is 31.2 Å². The first-order chi connectivity index (χ1) is 11.1. The Morgan fingerprint density at radius 1 is 1.30 bits per heavy atom. The number of nitrogen functional groups attached to an aromatic ring is 1. The van der Waals surface area contributed by atoms with E-state index in [2.05, 4.69) is 21.9 Å². The molecule has 2 aromatic heterocycles. The number of aromatic nitrogens is 3. The SMILES string of the molecule is CN1CCc2c(cncc2C(=O)n2cnc3cc(N)ccc32)C1. The molecule has 0 atom stereocenters. The van der Waals surface area contributed by atoms with Crippen LogP contribution in [-0.2, 0) is 13.0 Å². The lowest BCUT2D eigenvalue weighted by molar-refractivity contribution is 0.0962. The minimum atomic E-state index is -0.0915. The molecule has 6 heteroatoms. The zero-order chi connectivity index (χ0) is 16.0. The van der Waals surface area contributed by atoms with Crippen molar-refractivity contribution in [1.29, 1.82) is 0 Å². The average Bonchev–Trinajstić information content (AvgIpc) is 2.96. The van der Waals surface area contributed by atoms with Gasteiger partial charge in [0.05, 0.1) is 16.6 Å². The van der Waals surface area contributed by atoms with Gasteiger partial charge in [0.2, 0.25) is 0 Å². The number of nitrogens with two attached hydrogens (primary N) is 1. The van der Waals surface area contributed by atoms with Gasteiger partial charge in [0.1, 0.15) is 6.33 Å². The number of rotatable bonds is 1. The molecule has 3 aromatic rings. The molecule has 0 unspecified atom stereocenters. The van der Waals surface area contributed by atoms with Crippen LogP contribution in [0.2, 0.25) is 0 Å². The molecule has 3 heterocycles. The molecule has 6 nitrogen and oxygen atoms in total. The molecule has 0 aliphatic carbocycles. The Bertz CT molecular complexity index is 914. The molecular formula is C17H17N5O. The summed E-state index contributed by atoms with van der Waals surface area (Å²) in [5.41, 5.74) is 10.8. The van der Waals surface area contributed by atoms with E-state index in [0.717, 1.165) is 41.7 Å². The van der Waals surface area contributed by atoms with E-state index < -0.39 is 0 Å². The molecule has 4 rings (SSSR count). The zero-order valence-corrected chi connectivity index (χ0v) is 12.9.